The predicted octanol–water partition coefficient (Wildman–Crippen LogP) is 2.06. The zero-order chi connectivity index (χ0) is 9.97. The van der Waals surface area contributed by atoms with Gasteiger partial charge in [0.1, 0.15) is 17.4 Å². The van der Waals surface area contributed by atoms with Crippen LogP contribution in [-0.2, 0) is 6.42 Å². The Morgan fingerprint density at radius 3 is 2.93 bits per heavy atom. The number of hydrogen-bond donors (Lipinski definition) is 0. The first-order valence-electron chi connectivity index (χ1n) is 4.88. The quantitative estimate of drug-likeness (QED) is 0.729. The number of pyridine rings is 1. The lowest BCUT2D eigenvalue weighted by atomic mass is 10.1. The molecule has 0 radical (unpaired) electrons. The third-order valence-corrected chi connectivity index (χ3v) is 2.28. The fourth-order valence-electron chi connectivity index (χ4n) is 1.32. The highest BCUT2D eigenvalue weighted by Crippen LogP contribution is 2.31. The third kappa shape index (κ3) is 1.69. The Kier molecular flexibility index (Phi) is 2.36. The maximum absolute atomic E-state index is 8.90. The summed E-state index contributed by atoms with van der Waals surface area (Å²) in [5.41, 5.74) is 1.58. The molecule has 0 unspecified atom stereocenters. The number of nitrogens with zero attached hydrogens (tertiary/aromatic N) is 2. The lowest BCUT2D eigenvalue weighted by Gasteiger charge is -2.10. The first-order chi connectivity index (χ1) is 6.85. The maximum Gasteiger partial charge on any atom is 0.143 e. The molecule has 0 aliphatic heterocycles. The van der Waals surface area contributed by atoms with Crippen molar-refractivity contribution < 1.29 is 4.74 Å². The lowest BCUT2D eigenvalue weighted by molar-refractivity contribution is 0.299. The predicted molar refractivity (Wildman–Crippen MR) is 52.0 cm³/mol. The van der Waals surface area contributed by atoms with Gasteiger partial charge in [-0.15, -0.1) is 0 Å². The molecule has 3 heteroatoms. The van der Waals surface area contributed by atoms with Crippen LogP contribution in [0.3, 0.4) is 0 Å². The molecule has 72 valence electrons. The molecule has 0 amide bonds. The first-order valence-corrected chi connectivity index (χ1v) is 4.88. The zero-order valence-corrected chi connectivity index (χ0v) is 8.16. The summed E-state index contributed by atoms with van der Waals surface area (Å²) in [6.45, 7) is 2.04. The molecule has 14 heavy (non-hydrogen) atoms. The van der Waals surface area contributed by atoms with Crippen LogP contribution in [0.4, 0.5) is 0 Å². The highest BCUT2D eigenvalue weighted by atomic mass is 16.5. The van der Waals surface area contributed by atoms with Crippen molar-refractivity contribution in [3.63, 3.8) is 0 Å². The minimum Gasteiger partial charge on any atom is -0.489 e. The van der Waals surface area contributed by atoms with E-state index in [-0.39, 0.29) is 0 Å². The average Bonchev–Trinajstić information content (AvgIpc) is 3.02. The van der Waals surface area contributed by atoms with Crippen molar-refractivity contribution in [3.05, 3.63) is 23.5 Å². The van der Waals surface area contributed by atoms with Crippen molar-refractivity contribution >= 4 is 0 Å². The largest absolute Gasteiger partial charge is 0.489 e. The molecule has 0 atom stereocenters. The summed E-state index contributed by atoms with van der Waals surface area (Å²) in [7, 11) is 0. The molecule has 1 aromatic rings. The van der Waals surface area contributed by atoms with Gasteiger partial charge in [0.25, 0.3) is 0 Å². The Balaban J connectivity index is 2.35. The van der Waals surface area contributed by atoms with Gasteiger partial charge in [0, 0.05) is 18.0 Å². The first kappa shape index (κ1) is 9.01. The molecule has 2 rings (SSSR count). The second kappa shape index (κ2) is 3.67. The lowest BCUT2D eigenvalue weighted by Crippen LogP contribution is -2.02. The van der Waals surface area contributed by atoms with Crippen LogP contribution in [0.25, 0.3) is 0 Å². The van der Waals surface area contributed by atoms with Crippen molar-refractivity contribution in [2.45, 2.75) is 32.3 Å². The van der Waals surface area contributed by atoms with E-state index in [1.165, 1.54) is 0 Å². The van der Waals surface area contributed by atoms with Crippen molar-refractivity contribution in [1.82, 2.24) is 4.98 Å². The smallest absolute Gasteiger partial charge is 0.143 e. The van der Waals surface area contributed by atoms with Gasteiger partial charge in [0.2, 0.25) is 0 Å². The molecule has 1 aromatic heterocycles. The molecule has 1 aliphatic carbocycles. The molecule has 0 bridgehead atoms. The second-order valence-electron chi connectivity index (χ2n) is 3.46. The van der Waals surface area contributed by atoms with Gasteiger partial charge < -0.3 is 4.74 Å². The molecule has 0 aromatic carbocycles. The molecule has 0 N–H and O–H groups in total. The summed E-state index contributed by atoms with van der Waals surface area (Å²) in [6, 6.07) is 2.12. The number of rotatable bonds is 3. The monoisotopic (exact) mass is 188 g/mol. The zero-order valence-electron chi connectivity index (χ0n) is 8.16. The number of nitriles is 1. The average molecular weight is 188 g/mol. The van der Waals surface area contributed by atoms with Crippen LogP contribution in [0.15, 0.2) is 12.4 Å². The highest BCUT2D eigenvalue weighted by molar-refractivity contribution is 5.46. The number of hydrogen-bond acceptors (Lipinski definition) is 3. The van der Waals surface area contributed by atoms with E-state index in [1.807, 2.05) is 6.92 Å². The van der Waals surface area contributed by atoms with E-state index in [9.17, 15) is 0 Å². The van der Waals surface area contributed by atoms with Crippen LogP contribution in [-0.4, -0.2) is 11.1 Å². The summed E-state index contributed by atoms with van der Waals surface area (Å²) < 4.78 is 5.71. The van der Waals surface area contributed by atoms with Crippen LogP contribution in [0.2, 0.25) is 0 Å². The highest BCUT2D eigenvalue weighted by Gasteiger charge is 2.25. The van der Waals surface area contributed by atoms with Crippen LogP contribution in [0.1, 0.15) is 30.9 Å². The molecule has 0 spiro atoms. The van der Waals surface area contributed by atoms with E-state index in [4.69, 9.17) is 10.00 Å². The van der Waals surface area contributed by atoms with E-state index in [1.54, 1.807) is 12.4 Å². The summed E-state index contributed by atoms with van der Waals surface area (Å²) in [4.78, 5) is 4.01. The summed E-state index contributed by atoms with van der Waals surface area (Å²) in [5, 5.41) is 8.90. The maximum atomic E-state index is 8.90. The van der Waals surface area contributed by atoms with E-state index in [0.717, 1.165) is 30.6 Å². The Morgan fingerprint density at radius 1 is 1.57 bits per heavy atom. The molecule has 1 heterocycles. The molecule has 1 saturated carbocycles. The third-order valence-electron chi connectivity index (χ3n) is 2.28. The van der Waals surface area contributed by atoms with Crippen LogP contribution in [0, 0.1) is 11.3 Å². The van der Waals surface area contributed by atoms with Crippen LogP contribution >= 0.6 is 0 Å². The Bertz CT molecular complexity index is 377. The van der Waals surface area contributed by atoms with Gasteiger partial charge in [0.05, 0.1) is 6.10 Å². The number of aromatic nitrogens is 1. The van der Waals surface area contributed by atoms with Gasteiger partial charge in [-0.05, 0) is 19.3 Å². The van der Waals surface area contributed by atoms with Crippen molar-refractivity contribution in [2.75, 3.05) is 0 Å². The fraction of sp³-hybridized carbons (Fsp3) is 0.455. The number of ether oxygens (including phenoxy) is 1. The second-order valence-corrected chi connectivity index (χ2v) is 3.46. The normalized spacial score (nSPS) is 14.9. The van der Waals surface area contributed by atoms with Crippen molar-refractivity contribution in [2.24, 2.45) is 0 Å². The summed E-state index contributed by atoms with van der Waals surface area (Å²) >= 11 is 0. The summed E-state index contributed by atoms with van der Waals surface area (Å²) in [6.07, 6.45) is 6.74. The molecule has 1 fully saturated rings. The van der Waals surface area contributed by atoms with Crippen molar-refractivity contribution in [1.29, 1.82) is 5.26 Å². The Labute approximate surface area is 83.3 Å². The topological polar surface area (TPSA) is 45.9 Å². The minimum absolute atomic E-state index is 0.329. The van der Waals surface area contributed by atoms with Gasteiger partial charge in [-0.25, -0.2) is 0 Å². The molecular weight excluding hydrogens is 176 g/mol. The Morgan fingerprint density at radius 2 is 2.36 bits per heavy atom. The molecule has 0 saturated heterocycles. The van der Waals surface area contributed by atoms with E-state index in [0.29, 0.717) is 11.7 Å². The summed E-state index contributed by atoms with van der Waals surface area (Å²) in [5.74, 6) is 0.743. The van der Waals surface area contributed by atoms with Crippen LogP contribution in [0.5, 0.6) is 5.75 Å². The van der Waals surface area contributed by atoms with Gasteiger partial charge >= 0.3 is 0 Å². The van der Waals surface area contributed by atoms with Gasteiger partial charge in [0.15, 0.2) is 0 Å². The SMILES string of the molecule is CCc1cncc(C#N)c1OC1CC1. The Hall–Kier alpha value is -1.56. The van der Waals surface area contributed by atoms with E-state index < -0.39 is 0 Å². The van der Waals surface area contributed by atoms with E-state index in [2.05, 4.69) is 11.1 Å². The van der Waals surface area contributed by atoms with Gasteiger partial charge in [-0.3, -0.25) is 4.98 Å². The fourth-order valence-corrected chi connectivity index (χ4v) is 1.32. The standard InChI is InChI=1S/C11H12N2O/c1-2-8-6-13-7-9(5-12)11(8)14-10-3-4-10/h6-7,10H,2-4H2,1H3. The molecular formula is C11H12N2O. The minimum atomic E-state index is 0.329. The van der Waals surface area contributed by atoms with Gasteiger partial charge in [-0.2, -0.15) is 5.26 Å². The molecule has 1 aliphatic rings. The van der Waals surface area contributed by atoms with Crippen molar-refractivity contribution in [3.8, 4) is 11.8 Å². The van der Waals surface area contributed by atoms with Gasteiger partial charge in [-0.1, -0.05) is 6.92 Å². The van der Waals surface area contributed by atoms with Crippen LogP contribution < -0.4 is 4.74 Å². The van der Waals surface area contributed by atoms with E-state index >= 15 is 0 Å². The molecule has 3 nitrogen and oxygen atoms in total. The number of aryl methyl sites for hydroxylation is 1.